The van der Waals surface area contributed by atoms with E-state index in [2.05, 4.69) is 30.6 Å². The number of halogens is 1. The first kappa shape index (κ1) is 38.2. The Balaban J connectivity index is 0.00000337. The summed E-state index contributed by atoms with van der Waals surface area (Å²) in [7, 11) is -13.6. The molecule has 4 aromatic rings. The molecular weight excluding hydrogens is 682 g/mol. The molecule has 222 valence electrons. The molecule has 0 radical (unpaired) electrons. The molecule has 0 aliphatic carbocycles. The molecule has 0 amide bonds. The van der Waals surface area contributed by atoms with E-state index in [9.17, 15) is 34.4 Å². The number of rotatable bonds is 8. The van der Waals surface area contributed by atoms with Crippen molar-refractivity contribution in [2.75, 3.05) is 17.3 Å². The molecule has 0 aliphatic rings. The van der Waals surface area contributed by atoms with Crippen molar-refractivity contribution in [3.05, 3.63) is 58.9 Å². The number of hydrogen-bond acceptors (Lipinski definition) is 15. The third-order valence-corrected chi connectivity index (χ3v) is 8.50. The summed E-state index contributed by atoms with van der Waals surface area (Å²) in [6.45, 7) is 2.94. The van der Waals surface area contributed by atoms with E-state index < -0.39 is 50.7 Å². The molecule has 4 rings (SSSR count). The van der Waals surface area contributed by atoms with E-state index in [0.29, 0.717) is 0 Å². The Kier molecular flexibility index (Phi) is 12.3. The summed E-state index contributed by atoms with van der Waals surface area (Å²) in [6.07, 6.45) is 0.907. The Labute approximate surface area is 301 Å². The first-order chi connectivity index (χ1) is 19.4. The molecule has 0 fully saturated rings. The van der Waals surface area contributed by atoms with Gasteiger partial charge in [0.05, 0.1) is 26.9 Å². The summed E-state index contributed by atoms with van der Waals surface area (Å²) in [5, 5.41) is 14.3. The van der Waals surface area contributed by atoms with Crippen LogP contribution in [0.25, 0.3) is 5.69 Å². The van der Waals surface area contributed by atoms with Crippen LogP contribution in [0.4, 0.5) is 28.7 Å². The van der Waals surface area contributed by atoms with Gasteiger partial charge in [-0.1, -0.05) is 17.7 Å². The number of nitrogens with two attached hydrogens (primary N) is 1. The summed E-state index contributed by atoms with van der Waals surface area (Å²) < 4.78 is 95.0. The van der Waals surface area contributed by atoms with Crippen LogP contribution < -0.4 is 70.2 Å². The second-order valence-corrected chi connectivity index (χ2v) is 13.7. The molecule has 22 heteroatoms. The van der Waals surface area contributed by atoms with Crippen molar-refractivity contribution in [1.29, 1.82) is 0 Å². The fourth-order valence-corrected chi connectivity index (χ4v) is 5.33. The minimum atomic E-state index is -5.05. The van der Waals surface area contributed by atoms with Crippen molar-refractivity contribution in [1.82, 2.24) is 19.7 Å². The van der Waals surface area contributed by atoms with Crippen molar-refractivity contribution in [2.24, 2.45) is 10.2 Å². The van der Waals surface area contributed by atoms with Crippen LogP contribution in [0.2, 0.25) is 5.02 Å². The Hall–Kier alpha value is -2.01. The standard InChI is InChI=1S/C22H21ClN8O8S3.2Na/c1-11-18(23)21(27-22(25-11)40(3,32)33)26-13-7-8-17(42(37,38)39)16(9-13)28-29-19-12(2)30-31(20(19)24)14-5-4-6-15(10-14)41(34,35)36;;/h4-10H,24H2,1-3H3,(H,25,26,27)(H,34,35,36)(H,37,38,39);;/q;2*+1/p-2. The number of nitrogens with zero attached hydrogens (tertiary/aromatic N) is 6. The average molecular weight is 701 g/mol. The van der Waals surface area contributed by atoms with Gasteiger partial charge in [-0.3, -0.25) is 0 Å². The molecule has 2 aromatic carbocycles. The fourth-order valence-electron chi connectivity index (χ4n) is 3.54. The van der Waals surface area contributed by atoms with Gasteiger partial charge in [0.2, 0.25) is 15.0 Å². The van der Waals surface area contributed by atoms with Crippen molar-refractivity contribution < 1.29 is 93.5 Å². The molecule has 0 unspecified atom stereocenters. The Morgan fingerprint density at radius 3 is 2.16 bits per heavy atom. The Bertz CT molecular complexity index is 2110. The van der Waals surface area contributed by atoms with Crippen LogP contribution in [0.15, 0.2) is 67.6 Å². The summed E-state index contributed by atoms with van der Waals surface area (Å²) in [6, 6.07) is 8.18. The smallest absolute Gasteiger partial charge is 0.744 e. The summed E-state index contributed by atoms with van der Waals surface area (Å²) in [5.74, 6) is -0.261. The molecule has 0 aliphatic heterocycles. The van der Waals surface area contributed by atoms with E-state index >= 15 is 0 Å². The fraction of sp³-hybridized carbons (Fsp3) is 0.136. The van der Waals surface area contributed by atoms with Gasteiger partial charge in [-0.25, -0.2) is 34.9 Å². The van der Waals surface area contributed by atoms with Crippen LogP contribution in [0, 0.1) is 13.8 Å². The largest absolute Gasteiger partial charge is 1.00 e. The molecule has 16 nitrogen and oxygen atoms in total. The zero-order chi connectivity index (χ0) is 31.2. The Morgan fingerprint density at radius 2 is 1.57 bits per heavy atom. The predicted octanol–water partition coefficient (Wildman–Crippen LogP) is -3.11. The van der Waals surface area contributed by atoms with Crippen molar-refractivity contribution in [3.8, 4) is 5.69 Å². The molecule has 0 atom stereocenters. The van der Waals surface area contributed by atoms with Crippen LogP contribution in [-0.2, 0) is 30.1 Å². The van der Waals surface area contributed by atoms with Crippen molar-refractivity contribution in [2.45, 2.75) is 28.8 Å². The molecule has 0 saturated carbocycles. The van der Waals surface area contributed by atoms with Gasteiger partial charge in [-0.2, -0.15) is 10.1 Å². The molecular formula is C22H19ClN8Na2O8S3. The van der Waals surface area contributed by atoms with E-state index in [0.717, 1.165) is 35.2 Å². The van der Waals surface area contributed by atoms with Gasteiger partial charge in [-0.15, -0.1) is 10.2 Å². The van der Waals surface area contributed by atoms with Gasteiger partial charge in [0, 0.05) is 11.9 Å². The number of nitrogen functional groups attached to an aromatic ring is 1. The number of nitrogens with one attached hydrogen (secondary N) is 1. The Morgan fingerprint density at radius 1 is 0.909 bits per heavy atom. The zero-order valence-electron chi connectivity index (χ0n) is 23.7. The van der Waals surface area contributed by atoms with Gasteiger partial charge in [-0.05, 0) is 50.2 Å². The monoisotopic (exact) mass is 700 g/mol. The first-order valence-corrected chi connectivity index (χ1v) is 16.4. The van der Waals surface area contributed by atoms with Gasteiger partial charge >= 0.3 is 59.1 Å². The van der Waals surface area contributed by atoms with Crippen molar-refractivity contribution >= 4 is 70.4 Å². The van der Waals surface area contributed by atoms with Crippen LogP contribution >= 0.6 is 11.6 Å². The molecule has 0 spiro atoms. The number of azo groups is 1. The topological polar surface area (TPSA) is 255 Å². The molecule has 2 aromatic heterocycles. The van der Waals surface area contributed by atoms with Crippen LogP contribution in [0.1, 0.15) is 11.4 Å². The minimum absolute atomic E-state index is 0. The molecule has 44 heavy (non-hydrogen) atoms. The average Bonchev–Trinajstić information content (AvgIpc) is 3.16. The van der Waals surface area contributed by atoms with Crippen LogP contribution in [-0.4, -0.2) is 60.4 Å². The molecule has 0 bridgehead atoms. The van der Waals surface area contributed by atoms with Crippen LogP contribution in [0.3, 0.4) is 0 Å². The third-order valence-electron chi connectivity index (χ3n) is 5.49. The third kappa shape index (κ3) is 8.62. The molecule has 2 heterocycles. The number of aromatic nitrogens is 4. The van der Waals surface area contributed by atoms with Crippen LogP contribution in [0.5, 0.6) is 0 Å². The molecule has 3 N–H and O–H groups in total. The summed E-state index contributed by atoms with van der Waals surface area (Å²) >= 11 is 6.23. The first-order valence-electron chi connectivity index (χ1n) is 11.3. The minimum Gasteiger partial charge on any atom is -0.744 e. The zero-order valence-corrected chi connectivity index (χ0v) is 30.9. The number of benzene rings is 2. The number of aryl methyl sites for hydroxylation is 2. The second kappa shape index (κ2) is 14.2. The second-order valence-electron chi connectivity index (χ2n) is 8.67. The quantitative estimate of drug-likeness (QED) is 0.0800. The molecule has 0 saturated heterocycles. The van der Waals surface area contributed by atoms with Gasteiger partial charge in [0.25, 0.3) is 0 Å². The number of hydrogen-bond donors (Lipinski definition) is 2. The van der Waals surface area contributed by atoms with Crippen molar-refractivity contribution in [3.63, 3.8) is 0 Å². The van der Waals surface area contributed by atoms with E-state index in [1.165, 1.54) is 32.0 Å². The van der Waals surface area contributed by atoms with Gasteiger partial charge in [0.15, 0.2) is 17.3 Å². The van der Waals surface area contributed by atoms with Gasteiger partial charge < -0.3 is 20.2 Å². The maximum Gasteiger partial charge on any atom is 1.00 e. The van der Waals surface area contributed by atoms with E-state index in [-0.39, 0.29) is 104 Å². The summed E-state index contributed by atoms with van der Waals surface area (Å²) in [5.41, 5.74) is 6.22. The maximum atomic E-state index is 12.0. The predicted molar refractivity (Wildman–Crippen MR) is 147 cm³/mol. The van der Waals surface area contributed by atoms with E-state index in [1.807, 2.05) is 0 Å². The van der Waals surface area contributed by atoms with Gasteiger partial charge in [0.1, 0.15) is 30.9 Å². The number of sulfone groups is 1. The summed E-state index contributed by atoms with van der Waals surface area (Å²) in [4.78, 5) is 6.49. The SMILES string of the molecule is Cc1nc(S(C)(=O)=O)nc(Nc2ccc(S(=O)(=O)[O-])c(N=Nc3c(C)nn(-c4cccc(S(=O)(=O)[O-])c4)c3N)c2)c1Cl.[Na+].[Na+]. The number of anilines is 3. The van der Waals surface area contributed by atoms with E-state index in [1.54, 1.807) is 0 Å². The maximum absolute atomic E-state index is 12.0. The van der Waals surface area contributed by atoms with E-state index in [4.69, 9.17) is 17.3 Å². The normalized spacial score (nSPS) is 12.0.